The van der Waals surface area contributed by atoms with Crippen LogP contribution in [0, 0.1) is 0 Å². The van der Waals surface area contributed by atoms with Gasteiger partial charge < -0.3 is 18.9 Å². The lowest BCUT2D eigenvalue weighted by Gasteiger charge is -2.39. The molecule has 0 aromatic carbocycles. The Morgan fingerprint density at radius 2 is 0.700 bits per heavy atom. The molecule has 242 valence electrons. The van der Waals surface area contributed by atoms with E-state index in [0.29, 0.717) is 0 Å². The Labute approximate surface area is 265 Å². The Hall–Kier alpha value is 1.24. The molecule has 0 rings (SSSR count). The van der Waals surface area contributed by atoms with E-state index in [1.54, 1.807) is 28.4 Å². The summed E-state index contributed by atoms with van der Waals surface area (Å²) in [4.78, 5) is 0. The minimum atomic E-state index is -0.205. The highest BCUT2D eigenvalue weighted by atomic mass is 33.7. The number of methoxy groups -OCH3 is 4. The van der Waals surface area contributed by atoms with Gasteiger partial charge in [0.25, 0.3) is 0 Å². The Morgan fingerprint density at radius 3 is 0.950 bits per heavy atom. The molecule has 0 bridgehead atoms. The van der Waals surface area contributed by atoms with E-state index in [1.807, 2.05) is 41.2 Å². The van der Waals surface area contributed by atoms with E-state index in [1.165, 1.54) is 103 Å². The van der Waals surface area contributed by atoms with E-state index in [9.17, 15) is 0 Å². The summed E-state index contributed by atoms with van der Waals surface area (Å²) in [5, 5.41) is 0. The van der Waals surface area contributed by atoms with E-state index in [4.69, 9.17) is 18.9 Å². The third-order valence-electron chi connectivity index (χ3n) is 8.25. The Bertz CT molecular complexity index is 491. The van der Waals surface area contributed by atoms with Gasteiger partial charge in [-0.2, -0.15) is 0 Å². The zero-order valence-corrected chi connectivity index (χ0v) is 30.8. The first-order valence-electron chi connectivity index (χ1n) is 16.3. The molecule has 0 radical (unpaired) electrons. The van der Waals surface area contributed by atoms with Gasteiger partial charge in [0.2, 0.25) is 0 Å². The van der Waals surface area contributed by atoms with Gasteiger partial charge in [0.1, 0.15) is 0 Å². The molecule has 40 heavy (non-hydrogen) atoms. The lowest BCUT2D eigenvalue weighted by atomic mass is 9.96. The summed E-state index contributed by atoms with van der Waals surface area (Å²) < 4.78 is 23.3. The Morgan fingerprint density at radius 1 is 0.425 bits per heavy atom. The summed E-state index contributed by atoms with van der Waals surface area (Å²) in [6.07, 6.45) is 25.2. The van der Waals surface area contributed by atoms with Crippen molar-refractivity contribution in [1.29, 1.82) is 0 Å². The molecule has 0 aromatic rings. The van der Waals surface area contributed by atoms with Crippen molar-refractivity contribution < 1.29 is 18.9 Å². The predicted molar refractivity (Wildman–Crippen MR) is 186 cm³/mol. The quantitative estimate of drug-likeness (QED) is 0.0420. The molecule has 0 spiro atoms. The van der Waals surface area contributed by atoms with E-state index < -0.39 is 0 Å². The minimum absolute atomic E-state index is 0.0570. The Balaban J connectivity index is 4.99. The fourth-order valence-corrected chi connectivity index (χ4v) is 14.2. The SMILES string of the molecule is CCCCCCCCCCC(CC)(SSSSC(CC)(CCCCCCCCCC)C(OC)OC)C(OC)OC. The molecular formula is C32H66O4S4. The van der Waals surface area contributed by atoms with Crippen molar-refractivity contribution in [2.75, 3.05) is 28.4 Å². The molecule has 0 aliphatic heterocycles. The summed E-state index contributed by atoms with van der Waals surface area (Å²) in [6.45, 7) is 9.13. The van der Waals surface area contributed by atoms with Gasteiger partial charge in [-0.25, -0.2) is 0 Å². The van der Waals surface area contributed by atoms with Crippen molar-refractivity contribution in [1.82, 2.24) is 0 Å². The molecule has 2 unspecified atom stereocenters. The van der Waals surface area contributed by atoms with Crippen LogP contribution in [0.25, 0.3) is 0 Å². The van der Waals surface area contributed by atoms with Crippen LogP contribution in [-0.4, -0.2) is 50.5 Å². The first-order chi connectivity index (χ1) is 19.5. The average molecular weight is 643 g/mol. The molecule has 0 aromatic heterocycles. The van der Waals surface area contributed by atoms with Gasteiger partial charge in [-0.05, 0) is 45.3 Å². The van der Waals surface area contributed by atoms with Crippen LogP contribution in [0.5, 0.6) is 0 Å². The minimum Gasteiger partial charge on any atom is -0.354 e. The van der Waals surface area contributed by atoms with Gasteiger partial charge in [0.05, 0.1) is 9.49 Å². The summed E-state index contributed by atoms with van der Waals surface area (Å²) in [5.41, 5.74) is 0. The van der Waals surface area contributed by atoms with Crippen LogP contribution in [0.15, 0.2) is 0 Å². The van der Waals surface area contributed by atoms with Crippen molar-refractivity contribution in [3.05, 3.63) is 0 Å². The maximum absolute atomic E-state index is 5.86. The zero-order chi connectivity index (χ0) is 30.0. The van der Waals surface area contributed by atoms with Crippen molar-refractivity contribution in [2.45, 2.75) is 178 Å². The molecule has 8 heteroatoms. The molecule has 0 saturated heterocycles. The van der Waals surface area contributed by atoms with Crippen molar-refractivity contribution >= 4 is 41.2 Å². The predicted octanol–water partition coefficient (Wildman–Crippen LogP) is 12.3. The highest BCUT2D eigenvalue weighted by molar-refractivity contribution is 9.26. The number of rotatable bonds is 31. The van der Waals surface area contributed by atoms with Crippen LogP contribution in [0.1, 0.15) is 156 Å². The van der Waals surface area contributed by atoms with Crippen LogP contribution in [0.3, 0.4) is 0 Å². The van der Waals surface area contributed by atoms with Gasteiger partial charge in [-0.1, -0.05) is 152 Å². The third-order valence-corrected chi connectivity index (χ3v) is 16.3. The maximum Gasteiger partial charge on any atom is 0.172 e. The normalized spacial score (nSPS) is 15.2. The van der Waals surface area contributed by atoms with Crippen LogP contribution in [-0.2, 0) is 18.9 Å². The molecular weight excluding hydrogens is 577 g/mol. The van der Waals surface area contributed by atoms with E-state index >= 15 is 0 Å². The van der Waals surface area contributed by atoms with Crippen molar-refractivity contribution in [2.24, 2.45) is 0 Å². The number of ether oxygens (including phenoxy) is 4. The second-order valence-electron chi connectivity index (χ2n) is 11.2. The lowest BCUT2D eigenvalue weighted by Crippen LogP contribution is -2.41. The number of unbranched alkanes of at least 4 members (excludes halogenated alkanes) is 14. The average Bonchev–Trinajstić information content (AvgIpc) is 2.98. The molecule has 0 saturated carbocycles. The molecule has 0 aliphatic carbocycles. The van der Waals surface area contributed by atoms with Crippen molar-refractivity contribution in [3.63, 3.8) is 0 Å². The zero-order valence-electron chi connectivity index (χ0n) is 27.6. The maximum atomic E-state index is 5.86. The smallest absolute Gasteiger partial charge is 0.172 e. The summed E-state index contributed by atoms with van der Waals surface area (Å²) >= 11 is 0. The first-order valence-corrected chi connectivity index (χ1v) is 21.1. The molecule has 2 atom stereocenters. The topological polar surface area (TPSA) is 36.9 Å². The second kappa shape index (κ2) is 27.8. The van der Waals surface area contributed by atoms with Gasteiger partial charge in [-0.3, -0.25) is 0 Å². The van der Waals surface area contributed by atoms with Crippen LogP contribution >= 0.6 is 41.2 Å². The summed E-state index contributed by atoms with van der Waals surface area (Å²) in [5.74, 6) is 0. The summed E-state index contributed by atoms with van der Waals surface area (Å²) in [7, 11) is 14.8. The molecule has 0 amide bonds. The van der Waals surface area contributed by atoms with Gasteiger partial charge in [-0.15, -0.1) is 0 Å². The fourth-order valence-electron chi connectivity index (χ4n) is 5.53. The molecule has 0 fully saturated rings. The highest BCUT2D eigenvalue weighted by Crippen LogP contribution is 2.58. The van der Waals surface area contributed by atoms with Crippen LogP contribution in [0.4, 0.5) is 0 Å². The molecule has 0 N–H and O–H groups in total. The largest absolute Gasteiger partial charge is 0.354 e. The second-order valence-corrected chi connectivity index (χ2v) is 17.7. The van der Waals surface area contributed by atoms with Gasteiger partial charge in [0, 0.05) is 28.4 Å². The lowest BCUT2D eigenvalue weighted by molar-refractivity contribution is -0.127. The monoisotopic (exact) mass is 642 g/mol. The van der Waals surface area contributed by atoms with E-state index in [0.717, 1.165) is 25.7 Å². The number of hydrogen-bond donors (Lipinski definition) is 0. The standard InChI is InChI=1S/C32H66O4S4/c1-9-13-15-17-19-21-23-25-27-31(11-3,29(33-5)34-6)37-39-40-38-32(12-4,30(35-7)36-8)28-26-24-22-20-18-16-14-10-2/h29-30H,9-28H2,1-8H3. The fraction of sp³-hybridized carbons (Fsp3) is 1.00. The van der Waals surface area contributed by atoms with E-state index in [-0.39, 0.29) is 22.1 Å². The molecule has 4 nitrogen and oxygen atoms in total. The number of hydrogen-bond acceptors (Lipinski definition) is 8. The van der Waals surface area contributed by atoms with Crippen molar-refractivity contribution in [3.8, 4) is 0 Å². The summed E-state index contributed by atoms with van der Waals surface area (Å²) in [6, 6.07) is 0. The third kappa shape index (κ3) is 16.9. The van der Waals surface area contributed by atoms with Crippen LogP contribution < -0.4 is 0 Å². The first kappa shape index (κ1) is 41.2. The van der Waals surface area contributed by atoms with Gasteiger partial charge in [0.15, 0.2) is 12.6 Å². The Kier molecular flexibility index (Phi) is 28.6. The van der Waals surface area contributed by atoms with E-state index in [2.05, 4.69) is 27.7 Å². The highest BCUT2D eigenvalue weighted by Gasteiger charge is 2.41. The molecule has 0 aliphatic rings. The van der Waals surface area contributed by atoms with Crippen LogP contribution in [0.2, 0.25) is 0 Å². The van der Waals surface area contributed by atoms with Gasteiger partial charge >= 0.3 is 0 Å². The molecule has 0 heterocycles.